The summed E-state index contributed by atoms with van der Waals surface area (Å²) in [6.07, 6.45) is 0. The lowest BCUT2D eigenvalue weighted by molar-refractivity contribution is -0.129. The van der Waals surface area contributed by atoms with Crippen LogP contribution in [-0.2, 0) is 4.79 Å². The fraction of sp³-hybridized carbons (Fsp3) is 0.300. The molecule has 1 N–H and O–H groups in total. The fourth-order valence-electron chi connectivity index (χ4n) is 2.26. The number of nitrogens with one attached hydrogen (secondary N) is 1. The molecule has 0 unspecified atom stereocenters. The molecule has 0 spiro atoms. The number of carbonyl (C=O) groups is 2. The number of nitrogens with zero attached hydrogens (tertiary/aromatic N) is 1. The van der Waals surface area contributed by atoms with E-state index in [9.17, 15) is 9.59 Å². The first-order valence-electron chi connectivity index (χ1n) is 8.34. The van der Waals surface area contributed by atoms with Crippen LogP contribution in [0.2, 0.25) is 5.02 Å². The number of likely N-dealkylation sites (N-methyl/N-ethyl adjacent to an activating group) is 1. The highest BCUT2D eigenvalue weighted by Gasteiger charge is 2.12. The second-order valence-electron chi connectivity index (χ2n) is 6.10. The van der Waals surface area contributed by atoms with Crippen molar-refractivity contribution < 1.29 is 14.3 Å². The number of carbonyl (C=O) groups excluding carboxylic acids is 2. The number of hydrogen-bond acceptors (Lipinski definition) is 3. The molecule has 0 heterocycles. The minimum absolute atomic E-state index is 0.0561. The quantitative estimate of drug-likeness (QED) is 0.809. The van der Waals surface area contributed by atoms with Crippen molar-refractivity contribution in [2.45, 2.75) is 13.8 Å². The fourth-order valence-corrected chi connectivity index (χ4v) is 2.44. The van der Waals surface area contributed by atoms with Gasteiger partial charge >= 0.3 is 0 Å². The first-order valence-corrected chi connectivity index (χ1v) is 8.72. The molecule has 0 saturated heterocycles. The van der Waals surface area contributed by atoms with Crippen molar-refractivity contribution in [1.82, 2.24) is 10.2 Å². The molecule has 5 nitrogen and oxygen atoms in total. The molecule has 26 heavy (non-hydrogen) atoms. The van der Waals surface area contributed by atoms with Crippen LogP contribution in [0, 0.1) is 13.8 Å². The van der Waals surface area contributed by atoms with Gasteiger partial charge in [-0.15, -0.1) is 0 Å². The summed E-state index contributed by atoms with van der Waals surface area (Å²) in [7, 11) is 1.67. The van der Waals surface area contributed by atoms with E-state index >= 15 is 0 Å². The zero-order valence-corrected chi connectivity index (χ0v) is 16.0. The van der Waals surface area contributed by atoms with Crippen LogP contribution in [0.3, 0.4) is 0 Å². The molecular weight excluding hydrogens is 352 g/mol. The van der Waals surface area contributed by atoms with Gasteiger partial charge in [0.1, 0.15) is 12.4 Å². The molecule has 0 aliphatic carbocycles. The number of ether oxygens (including phenoxy) is 1. The van der Waals surface area contributed by atoms with Gasteiger partial charge in [-0.1, -0.05) is 23.7 Å². The van der Waals surface area contributed by atoms with Gasteiger partial charge in [0.05, 0.1) is 13.1 Å². The molecule has 0 bridgehead atoms. The number of amides is 2. The summed E-state index contributed by atoms with van der Waals surface area (Å²) in [5.74, 6) is 0.211. The normalized spacial score (nSPS) is 10.3. The monoisotopic (exact) mass is 374 g/mol. The van der Waals surface area contributed by atoms with E-state index in [1.165, 1.54) is 4.90 Å². The molecule has 0 saturated carbocycles. The Hall–Kier alpha value is -2.53. The van der Waals surface area contributed by atoms with Gasteiger partial charge in [-0.05, 0) is 55.3 Å². The maximum Gasteiger partial charge on any atom is 0.251 e. The van der Waals surface area contributed by atoms with Crippen LogP contribution in [0.5, 0.6) is 5.75 Å². The van der Waals surface area contributed by atoms with Gasteiger partial charge in [-0.3, -0.25) is 9.59 Å². The Kier molecular flexibility index (Phi) is 7.04. The Morgan fingerprint density at radius 1 is 1.12 bits per heavy atom. The number of rotatable bonds is 7. The summed E-state index contributed by atoms with van der Waals surface area (Å²) in [5.41, 5.74) is 2.71. The van der Waals surface area contributed by atoms with Gasteiger partial charge in [0.2, 0.25) is 5.91 Å². The third kappa shape index (κ3) is 5.77. The van der Waals surface area contributed by atoms with Crippen LogP contribution in [0.1, 0.15) is 21.5 Å². The van der Waals surface area contributed by atoms with Crippen LogP contribution in [0.15, 0.2) is 42.5 Å². The molecule has 2 amide bonds. The number of benzene rings is 2. The first-order chi connectivity index (χ1) is 12.4. The second-order valence-corrected chi connectivity index (χ2v) is 6.54. The van der Waals surface area contributed by atoms with Crippen LogP contribution in [0.4, 0.5) is 0 Å². The molecule has 0 aliphatic heterocycles. The standard InChI is InChI=1S/C20H23ClN2O3/c1-14-7-8-16(11-15(14)2)20(25)22-13-19(24)23(3)9-10-26-18-6-4-5-17(21)12-18/h4-8,11-12H,9-10,13H2,1-3H3,(H,22,25). The molecule has 0 atom stereocenters. The predicted octanol–water partition coefficient (Wildman–Crippen LogP) is 3.22. The van der Waals surface area contributed by atoms with E-state index in [1.54, 1.807) is 37.4 Å². The van der Waals surface area contributed by atoms with E-state index in [0.717, 1.165) is 11.1 Å². The van der Waals surface area contributed by atoms with Crippen molar-refractivity contribution in [2.75, 3.05) is 26.7 Å². The van der Waals surface area contributed by atoms with Crippen molar-refractivity contribution in [3.05, 3.63) is 64.2 Å². The lowest BCUT2D eigenvalue weighted by Gasteiger charge is -2.18. The van der Waals surface area contributed by atoms with Crippen LogP contribution >= 0.6 is 11.6 Å². The van der Waals surface area contributed by atoms with Crippen molar-refractivity contribution >= 4 is 23.4 Å². The van der Waals surface area contributed by atoms with Gasteiger partial charge in [-0.2, -0.15) is 0 Å². The number of hydrogen-bond donors (Lipinski definition) is 1. The minimum Gasteiger partial charge on any atom is -0.492 e. The molecule has 2 aromatic rings. The molecular formula is C20H23ClN2O3. The zero-order valence-electron chi connectivity index (χ0n) is 15.2. The number of aryl methyl sites for hydroxylation is 2. The van der Waals surface area contributed by atoms with Gasteiger partial charge in [-0.25, -0.2) is 0 Å². The first kappa shape index (κ1) is 19.8. The van der Waals surface area contributed by atoms with Crippen LogP contribution in [-0.4, -0.2) is 43.5 Å². The SMILES string of the molecule is Cc1ccc(C(=O)NCC(=O)N(C)CCOc2cccc(Cl)c2)cc1C. The average molecular weight is 375 g/mol. The lowest BCUT2D eigenvalue weighted by Crippen LogP contribution is -2.39. The van der Waals surface area contributed by atoms with Crippen molar-refractivity contribution in [3.63, 3.8) is 0 Å². The Morgan fingerprint density at radius 3 is 2.58 bits per heavy atom. The number of halogens is 1. The molecule has 0 fully saturated rings. The Bertz CT molecular complexity index is 792. The highest BCUT2D eigenvalue weighted by Crippen LogP contribution is 2.16. The maximum atomic E-state index is 12.1. The molecule has 2 aromatic carbocycles. The third-order valence-corrected chi connectivity index (χ3v) is 4.32. The van der Waals surface area contributed by atoms with E-state index in [4.69, 9.17) is 16.3 Å². The summed E-state index contributed by atoms with van der Waals surface area (Å²) < 4.78 is 5.56. The topological polar surface area (TPSA) is 58.6 Å². The summed E-state index contributed by atoms with van der Waals surface area (Å²) in [4.78, 5) is 25.8. The Morgan fingerprint density at radius 2 is 1.88 bits per heavy atom. The lowest BCUT2D eigenvalue weighted by atomic mass is 10.1. The summed E-state index contributed by atoms with van der Waals surface area (Å²) >= 11 is 5.89. The van der Waals surface area contributed by atoms with E-state index in [-0.39, 0.29) is 18.4 Å². The van der Waals surface area contributed by atoms with Crippen LogP contribution < -0.4 is 10.1 Å². The predicted molar refractivity (Wildman–Crippen MR) is 103 cm³/mol. The van der Waals surface area contributed by atoms with Crippen molar-refractivity contribution in [1.29, 1.82) is 0 Å². The Balaban J connectivity index is 1.75. The molecule has 0 aliphatic rings. The van der Waals surface area contributed by atoms with Gasteiger partial charge in [0.25, 0.3) is 5.91 Å². The second kappa shape index (κ2) is 9.25. The molecule has 0 aromatic heterocycles. The van der Waals surface area contributed by atoms with Gasteiger partial charge in [0.15, 0.2) is 0 Å². The highest BCUT2D eigenvalue weighted by molar-refractivity contribution is 6.30. The van der Waals surface area contributed by atoms with Crippen molar-refractivity contribution in [3.8, 4) is 5.75 Å². The van der Waals surface area contributed by atoms with E-state index in [2.05, 4.69) is 5.32 Å². The summed E-state index contributed by atoms with van der Waals surface area (Å²) in [6, 6.07) is 12.6. The molecule has 6 heteroatoms. The van der Waals surface area contributed by atoms with Crippen molar-refractivity contribution in [2.24, 2.45) is 0 Å². The van der Waals surface area contributed by atoms with Gasteiger partial charge in [0, 0.05) is 17.6 Å². The highest BCUT2D eigenvalue weighted by atomic mass is 35.5. The summed E-state index contributed by atoms with van der Waals surface area (Å²) in [6.45, 7) is 4.63. The smallest absolute Gasteiger partial charge is 0.251 e. The maximum absolute atomic E-state index is 12.1. The summed E-state index contributed by atoms with van der Waals surface area (Å²) in [5, 5.41) is 3.25. The van der Waals surface area contributed by atoms with Crippen LogP contribution in [0.25, 0.3) is 0 Å². The molecule has 138 valence electrons. The molecule has 0 radical (unpaired) electrons. The third-order valence-electron chi connectivity index (χ3n) is 4.09. The van der Waals surface area contributed by atoms with E-state index in [1.807, 2.05) is 26.0 Å². The minimum atomic E-state index is -0.259. The van der Waals surface area contributed by atoms with Gasteiger partial charge < -0.3 is 15.0 Å². The zero-order chi connectivity index (χ0) is 19.1. The average Bonchev–Trinajstić information content (AvgIpc) is 2.61. The van der Waals surface area contributed by atoms with E-state index in [0.29, 0.717) is 29.5 Å². The molecule has 2 rings (SSSR count). The largest absolute Gasteiger partial charge is 0.492 e. The Labute approximate surface area is 158 Å². The van der Waals surface area contributed by atoms with E-state index < -0.39 is 0 Å².